The van der Waals surface area contributed by atoms with Crippen molar-refractivity contribution in [1.82, 2.24) is 0 Å². The molecule has 0 aliphatic heterocycles. The summed E-state index contributed by atoms with van der Waals surface area (Å²) < 4.78 is 0. The minimum absolute atomic E-state index is 0. The fraction of sp³-hybridized carbons (Fsp3) is 0. The summed E-state index contributed by atoms with van der Waals surface area (Å²) in [7, 11) is 0. The van der Waals surface area contributed by atoms with Crippen LogP contribution < -0.4 is 0 Å². The smallest absolute Gasteiger partial charge is 0.0405 e. The Labute approximate surface area is 64.2 Å². The zero-order valence-corrected chi connectivity index (χ0v) is 6.64. The van der Waals surface area contributed by atoms with E-state index in [2.05, 4.69) is 0 Å². The standard InChI is InChI=1S/C6H5Cl.BrH/c7-6-4-2-1-3-5-6;/h1-5H;1H. The average molecular weight is 193 g/mol. The summed E-state index contributed by atoms with van der Waals surface area (Å²) in [6, 6.07) is 9.44. The molecule has 0 fully saturated rings. The molecule has 8 heavy (non-hydrogen) atoms. The maximum atomic E-state index is 5.54. The summed E-state index contributed by atoms with van der Waals surface area (Å²) >= 11 is 5.54. The molecule has 0 heterocycles. The van der Waals surface area contributed by atoms with Gasteiger partial charge in [-0.15, -0.1) is 17.0 Å². The highest BCUT2D eigenvalue weighted by Crippen LogP contribution is 2.03. The lowest BCUT2D eigenvalue weighted by atomic mass is 10.4. The Kier molecular flexibility index (Phi) is 3.92. The molecule has 0 spiro atoms. The molecule has 1 rings (SSSR count). The predicted octanol–water partition coefficient (Wildman–Crippen LogP) is 2.92. The molecule has 0 aliphatic carbocycles. The normalized spacial score (nSPS) is 7.62. The Hall–Kier alpha value is -0.0100. The van der Waals surface area contributed by atoms with E-state index in [9.17, 15) is 0 Å². The van der Waals surface area contributed by atoms with E-state index in [1.807, 2.05) is 30.3 Å². The van der Waals surface area contributed by atoms with Crippen LogP contribution >= 0.6 is 28.6 Å². The van der Waals surface area contributed by atoms with Crippen LogP contribution in [-0.4, -0.2) is 0 Å². The fourth-order valence-electron chi connectivity index (χ4n) is 0.415. The highest BCUT2D eigenvalue weighted by molar-refractivity contribution is 8.93. The number of hydrogen-bond donors (Lipinski definition) is 0. The first-order valence-electron chi connectivity index (χ1n) is 2.10. The van der Waals surface area contributed by atoms with Crippen molar-refractivity contribution in [2.75, 3.05) is 0 Å². The molecule has 44 valence electrons. The van der Waals surface area contributed by atoms with Crippen molar-refractivity contribution in [1.29, 1.82) is 0 Å². The van der Waals surface area contributed by atoms with Crippen LogP contribution in [0.1, 0.15) is 0 Å². The summed E-state index contributed by atoms with van der Waals surface area (Å²) in [4.78, 5) is 0. The second-order valence-electron chi connectivity index (χ2n) is 1.30. The molecular weight excluding hydrogens is 187 g/mol. The van der Waals surface area contributed by atoms with Gasteiger partial charge >= 0.3 is 0 Å². The Morgan fingerprint density at radius 2 is 1.50 bits per heavy atom. The first-order chi connectivity index (χ1) is 3.39. The van der Waals surface area contributed by atoms with Gasteiger partial charge in [0.1, 0.15) is 0 Å². The van der Waals surface area contributed by atoms with Crippen LogP contribution in [0.4, 0.5) is 0 Å². The van der Waals surface area contributed by atoms with Gasteiger partial charge in [0.25, 0.3) is 0 Å². The zero-order chi connectivity index (χ0) is 5.11. The monoisotopic (exact) mass is 192 g/mol. The van der Waals surface area contributed by atoms with Crippen molar-refractivity contribution < 1.29 is 0 Å². The largest absolute Gasteiger partial charge is 0.114 e. The zero-order valence-electron chi connectivity index (χ0n) is 4.17. The minimum Gasteiger partial charge on any atom is -0.114 e. The lowest BCUT2D eigenvalue weighted by molar-refractivity contribution is 1.71. The molecule has 0 aliphatic rings. The molecule has 0 saturated carbocycles. The van der Waals surface area contributed by atoms with Crippen LogP contribution in [0.15, 0.2) is 30.3 Å². The third-order valence-corrected chi connectivity index (χ3v) is 0.985. The average Bonchev–Trinajstić information content (AvgIpc) is 1.69. The van der Waals surface area contributed by atoms with Gasteiger partial charge < -0.3 is 0 Å². The number of halogens is 2. The Balaban J connectivity index is 0.000000490. The van der Waals surface area contributed by atoms with E-state index in [-0.39, 0.29) is 17.0 Å². The Morgan fingerprint density at radius 1 is 1.00 bits per heavy atom. The van der Waals surface area contributed by atoms with Crippen LogP contribution in [0.3, 0.4) is 0 Å². The van der Waals surface area contributed by atoms with E-state index >= 15 is 0 Å². The van der Waals surface area contributed by atoms with Gasteiger partial charge in [-0.2, -0.15) is 0 Å². The molecule has 0 bridgehead atoms. The van der Waals surface area contributed by atoms with Crippen LogP contribution in [0.25, 0.3) is 0 Å². The van der Waals surface area contributed by atoms with Crippen molar-refractivity contribution in [2.45, 2.75) is 0 Å². The maximum Gasteiger partial charge on any atom is 0.0405 e. The van der Waals surface area contributed by atoms with E-state index in [1.54, 1.807) is 0 Å². The molecule has 0 saturated heterocycles. The van der Waals surface area contributed by atoms with Gasteiger partial charge in [0.2, 0.25) is 0 Å². The lowest BCUT2D eigenvalue weighted by Crippen LogP contribution is -1.55. The first-order valence-corrected chi connectivity index (χ1v) is 2.48. The van der Waals surface area contributed by atoms with Crippen molar-refractivity contribution in [2.24, 2.45) is 0 Å². The topological polar surface area (TPSA) is 0 Å². The quantitative estimate of drug-likeness (QED) is 0.594. The van der Waals surface area contributed by atoms with Crippen molar-refractivity contribution in [3.05, 3.63) is 35.4 Å². The second-order valence-corrected chi connectivity index (χ2v) is 1.73. The third kappa shape index (κ3) is 2.34. The van der Waals surface area contributed by atoms with Crippen molar-refractivity contribution in [3.63, 3.8) is 0 Å². The van der Waals surface area contributed by atoms with Gasteiger partial charge in [-0.05, 0) is 12.1 Å². The summed E-state index contributed by atoms with van der Waals surface area (Å²) in [6.07, 6.45) is 0. The molecule has 0 aromatic heterocycles. The van der Waals surface area contributed by atoms with E-state index in [1.165, 1.54) is 0 Å². The van der Waals surface area contributed by atoms with Crippen molar-refractivity contribution >= 4 is 28.6 Å². The first kappa shape index (κ1) is 7.99. The van der Waals surface area contributed by atoms with E-state index in [4.69, 9.17) is 11.6 Å². The molecular formula is C6H6BrCl. The summed E-state index contributed by atoms with van der Waals surface area (Å²) in [5.41, 5.74) is 0. The van der Waals surface area contributed by atoms with Gasteiger partial charge in [-0.25, -0.2) is 0 Å². The van der Waals surface area contributed by atoms with Gasteiger partial charge in [-0.3, -0.25) is 0 Å². The van der Waals surface area contributed by atoms with Gasteiger partial charge in [0, 0.05) is 5.02 Å². The predicted molar refractivity (Wildman–Crippen MR) is 41.8 cm³/mol. The highest BCUT2D eigenvalue weighted by atomic mass is 79.9. The van der Waals surface area contributed by atoms with Crippen LogP contribution in [0, 0.1) is 0 Å². The summed E-state index contributed by atoms with van der Waals surface area (Å²) in [5.74, 6) is 0. The molecule has 0 unspecified atom stereocenters. The third-order valence-electron chi connectivity index (χ3n) is 0.733. The molecule has 0 nitrogen and oxygen atoms in total. The maximum absolute atomic E-state index is 5.54. The van der Waals surface area contributed by atoms with E-state index < -0.39 is 0 Å². The second kappa shape index (κ2) is 3.93. The van der Waals surface area contributed by atoms with Crippen LogP contribution in [-0.2, 0) is 0 Å². The number of rotatable bonds is 0. The molecule has 0 atom stereocenters. The lowest BCUT2D eigenvalue weighted by Gasteiger charge is -1.80. The summed E-state index contributed by atoms with van der Waals surface area (Å²) in [5, 5.41) is 0.794. The van der Waals surface area contributed by atoms with Gasteiger partial charge in [0.15, 0.2) is 0 Å². The van der Waals surface area contributed by atoms with E-state index in [0.717, 1.165) is 5.02 Å². The molecule has 0 radical (unpaired) electrons. The Bertz CT molecular complexity index is 138. The van der Waals surface area contributed by atoms with E-state index in [0.29, 0.717) is 0 Å². The molecule has 1 aromatic rings. The van der Waals surface area contributed by atoms with Crippen LogP contribution in [0.5, 0.6) is 0 Å². The Morgan fingerprint density at radius 3 is 1.75 bits per heavy atom. The molecule has 0 N–H and O–H groups in total. The highest BCUT2D eigenvalue weighted by Gasteiger charge is 1.74. The van der Waals surface area contributed by atoms with Crippen molar-refractivity contribution in [3.8, 4) is 0 Å². The minimum atomic E-state index is 0. The molecule has 1 aromatic carbocycles. The van der Waals surface area contributed by atoms with Gasteiger partial charge in [0.05, 0.1) is 0 Å². The van der Waals surface area contributed by atoms with Gasteiger partial charge in [-0.1, -0.05) is 29.8 Å². The van der Waals surface area contributed by atoms with Crippen LogP contribution in [0.2, 0.25) is 5.02 Å². The number of benzene rings is 1. The summed E-state index contributed by atoms with van der Waals surface area (Å²) in [6.45, 7) is 0. The molecule has 0 amide bonds. The number of hydrogen-bond acceptors (Lipinski definition) is 0. The molecule has 2 heteroatoms. The fourth-order valence-corrected chi connectivity index (χ4v) is 0.560. The SMILES string of the molecule is Br.Clc1ccccc1.